The zero-order valence-electron chi connectivity index (χ0n) is 40.6. The van der Waals surface area contributed by atoms with Crippen LogP contribution in [0.25, 0.3) is 0 Å². The van der Waals surface area contributed by atoms with Gasteiger partial charge in [-0.1, -0.05) is 247 Å². The maximum atomic E-state index is 12.3. The number of hydrogen-bond acceptors (Lipinski definition) is 5. The van der Waals surface area contributed by atoms with E-state index in [0.717, 1.165) is 89.9 Å². The second-order valence-electron chi connectivity index (χ2n) is 17.2. The molecular weight excluding hydrogens is 765 g/mol. The molecule has 0 saturated carbocycles. The van der Waals surface area contributed by atoms with Gasteiger partial charge < -0.3 is 14.6 Å². The lowest BCUT2D eigenvalue weighted by Crippen LogP contribution is -2.28. The quantitative estimate of drug-likeness (QED) is 0.0375. The number of aliphatic hydroxyl groups is 1. The molecule has 1 unspecified atom stereocenters. The summed E-state index contributed by atoms with van der Waals surface area (Å²) < 4.78 is 10.7. The normalized spacial score (nSPS) is 12.9. The first kappa shape index (κ1) is 59.1. The van der Waals surface area contributed by atoms with Gasteiger partial charge in [0.05, 0.1) is 6.61 Å². The van der Waals surface area contributed by atoms with E-state index >= 15 is 0 Å². The van der Waals surface area contributed by atoms with Gasteiger partial charge in [-0.2, -0.15) is 0 Å². The molecule has 0 rings (SSSR count). The Morgan fingerprint density at radius 1 is 0.387 bits per heavy atom. The number of esters is 2. The Labute approximate surface area is 384 Å². The molecule has 5 heteroatoms. The van der Waals surface area contributed by atoms with E-state index in [1.54, 1.807) is 0 Å². The minimum absolute atomic E-state index is 0.0688. The van der Waals surface area contributed by atoms with Crippen LogP contribution in [-0.2, 0) is 19.1 Å². The third kappa shape index (κ3) is 49.7. The summed E-state index contributed by atoms with van der Waals surface area (Å²) in [7, 11) is 0. The highest BCUT2D eigenvalue weighted by Crippen LogP contribution is 2.16. The number of hydrogen-bond donors (Lipinski definition) is 1. The first-order chi connectivity index (χ1) is 30.6. The molecule has 5 nitrogen and oxygen atoms in total. The highest BCUT2D eigenvalue weighted by Gasteiger charge is 2.16. The van der Waals surface area contributed by atoms with E-state index in [9.17, 15) is 14.7 Å². The van der Waals surface area contributed by atoms with Crippen molar-refractivity contribution in [2.24, 2.45) is 0 Å². The molecule has 0 aliphatic carbocycles. The predicted octanol–water partition coefficient (Wildman–Crippen LogP) is 17.4. The van der Waals surface area contributed by atoms with Gasteiger partial charge in [-0.25, -0.2) is 0 Å². The number of aliphatic hydroxyl groups excluding tert-OH is 1. The largest absolute Gasteiger partial charge is 0.462 e. The van der Waals surface area contributed by atoms with E-state index in [1.807, 2.05) is 0 Å². The molecule has 0 amide bonds. The van der Waals surface area contributed by atoms with E-state index in [2.05, 4.69) is 98.9 Å². The average molecular weight is 863 g/mol. The van der Waals surface area contributed by atoms with Crippen LogP contribution in [0.3, 0.4) is 0 Å². The van der Waals surface area contributed by atoms with Gasteiger partial charge >= 0.3 is 11.9 Å². The van der Waals surface area contributed by atoms with Crippen LogP contribution in [0.2, 0.25) is 0 Å². The van der Waals surface area contributed by atoms with Crippen LogP contribution < -0.4 is 0 Å². The molecule has 0 radical (unpaired) electrons. The second kappa shape index (κ2) is 52.4. The fourth-order valence-electron chi connectivity index (χ4n) is 7.30. The number of carbonyl (C=O) groups is 2. The second-order valence-corrected chi connectivity index (χ2v) is 17.2. The van der Waals surface area contributed by atoms with Gasteiger partial charge in [0.25, 0.3) is 0 Å². The summed E-state index contributed by atoms with van der Waals surface area (Å²) in [6.45, 7) is 4.04. The van der Waals surface area contributed by atoms with Crippen molar-refractivity contribution in [2.45, 2.75) is 251 Å². The van der Waals surface area contributed by atoms with Crippen molar-refractivity contribution >= 4 is 11.9 Å². The van der Waals surface area contributed by atoms with Crippen LogP contribution in [-0.4, -0.2) is 36.4 Å². The van der Waals surface area contributed by atoms with Gasteiger partial charge in [-0.05, 0) is 70.6 Å². The molecule has 0 spiro atoms. The van der Waals surface area contributed by atoms with Crippen LogP contribution in [0.1, 0.15) is 245 Å². The highest BCUT2D eigenvalue weighted by atomic mass is 16.6. The minimum Gasteiger partial charge on any atom is -0.462 e. The molecule has 0 aliphatic heterocycles. The molecule has 0 heterocycles. The lowest BCUT2D eigenvalue weighted by molar-refractivity contribution is -0.161. The van der Waals surface area contributed by atoms with Gasteiger partial charge in [0.15, 0.2) is 6.10 Å². The fraction of sp³-hybridized carbons (Fsp3) is 0.719. The van der Waals surface area contributed by atoms with E-state index in [0.29, 0.717) is 12.8 Å². The molecule has 62 heavy (non-hydrogen) atoms. The topological polar surface area (TPSA) is 72.8 Å². The summed E-state index contributed by atoms with van der Waals surface area (Å²) >= 11 is 0. The summed E-state index contributed by atoms with van der Waals surface area (Å²) in [5.41, 5.74) is 0. The molecule has 0 fully saturated rings. The van der Waals surface area contributed by atoms with Gasteiger partial charge in [0.2, 0.25) is 0 Å². The maximum Gasteiger partial charge on any atom is 0.306 e. The van der Waals surface area contributed by atoms with Crippen LogP contribution in [0.5, 0.6) is 0 Å². The summed E-state index contributed by atoms with van der Waals surface area (Å²) in [5, 5.41) is 9.63. The molecule has 356 valence electrons. The summed E-state index contributed by atoms with van der Waals surface area (Å²) in [6.07, 6.45) is 72.5. The summed E-state index contributed by atoms with van der Waals surface area (Å²) in [5.74, 6) is -0.593. The van der Waals surface area contributed by atoms with Gasteiger partial charge in [-0.3, -0.25) is 9.59 Å². The van der Waals surface area contributed by atoms with Crippen LogP contribution in [0.15, 0.2) is 85.1 Å². The Bertz CT molecular complexity index is 1160. The van der Waals surface area contributed by atoms with Crippen molar-refractivity contribution in [3.63, 3.8) is 0 Å². The lowest BCUT2D eigenvalue weighted by Gasteiger charge is -2.15. The predicted molar refractivity (Wildman–Crippen MR) is 269 cm³/mol. The maximum absolute atomic E-state index is 12.3. The molecule has 0 aromatic heterocycles. The molecule has 0 aromatic carbocycles. The number of carbonyl (C=O) groups excluding carboxylic acids is 2. The van der Waals surface area contributed by atoms with E-state index in [-0.39, 0.29) is 25.2 Å². The summed E-state index contributed by atoms with van der Waals surface area (Å²) in [4.78, 5) is 24.4. The van der Waals surface area contributed by atoms with E-state index in [1.165, 1.54) is 128 Å². The molecule has 1 N–H and O–H groups in total. The first-order valence-electron chi connectivity index (χ1n) is 26.1. The van der Waals surface area contributed by atoms with Crippen molar-refractivity contribution in [1.29, 1.82) is 0 Å². The molecule has 0 bridgehead atoms. The zero-order valence-corrected chi connectivity index (χ0v) is 40.6. The number of unbranched alkanes of at least 4 members (excludes halogenated alkanes) is 25. The standard InChI is InChI=1S/C57H98O5/c1-3-5-7-9-11-13-15-17-19-21-22-23-24-25-26-27-28-29-30-31-32-33-34-36-38-40-42-44-46-48-50-52-57(60)62-55(53-58)54-61-56(59)51-49-47-45-43-41-39-37-35-20-18-16-14-12-10-8-6-4-2/h5,7,11,13,17,19,22-23,25-26,28-29,31-32,55,58H,3-4,6,8-10,12,14-16,18,20-21,24,27,30,33-54H2,1-2H3/b7-5-,13-11-,19-17-,23-22-,26-25-,29-28-,32-31-. The summed E-state index contributed by atoms with van der Waals surface area (Å²) in [6, 6.07) is 0. The molecule has 1 atom stereocenters. The zero-order chi connectivity index (χ0) is 44.9. The third-order valence-electron chi connectivity index (χ3n) is 11.2. The number of allylic oxidation sites excluding steroid dienone is 14. The van der Waals surface area contributed by atoms with Crippen molar-refractivity contribution in [3.05, 3.63) is 85.1 Å². The number of rotatable bonds is 47. The van der Waals surface area contributed by atoms with E-state index in [4.69, 9.17) is 9.47 Å². The average Bonchev–Trinajstić information content (AvgIpc) is 3.28. The monoisotopic (exact) mass is 863 g/mol. The highest BCUT2D eigenvalue weighted by molar-refractivity contribution is 5.70. The Morgan fingerprint density at radius 2 is 0.694 bits per heavy atom. The van der Waals surface area contributed by atoms with Crippen LogP contribution in [0, 0.1) is 0 Å². The van der Waals surface area contributed by atoms with Crippen molar-refractivity contribution in [2.75, 3.05) is 13.2 Å². The molecule has 0 saturated heterocycles. The smallest absolute Gasteiger partial charge is 0.306 e. The van der Waals surface area contributed by atoms with Crippen molar-refractivity contribution < 1.29 is 24.2 Å². The SMILES string of the molecule is CC/C=C\C/C=C\C/C=C\C/C=C\C/C=C\C/C=C\C/C=C\CCCCCCCCCCCC(=O)OC(CO)COC(=O)CCCCCCCCCCCCCCCCCCC. The minimum atomic E-state index is -0.778. The number of ether oxygens (including phenoxy) is 2. The van der Waals surface area contributed by atoms with Crippen molar-refractivity contribution in [3.8, 4) is 0 Å². The van der Waals surface area contributed by atoms with Gasteiger partial charge in [-0.15, -0.1) is 0 Å². The lowest BCUT2D eigenvalue weighted by atomic mass is 10.0. The Balaban J connectivity index is 3.55. The molecule has 0 aliphatic rings. The van der Waals surface area contributed by atoms with Crippen LogP contribution in [0.4, 0.5) is 0 Å². The molecular formula is C57H98O5. The first-order valence-corrected chi connectivity index (χ1v) is 26.1. The fourth-order valence-corrected chi connectivity index (χ4v) is 7.30. The van der Waals surface area contributed by atoms with Crippen molar-refractivity contribution in [1.82, 2.24) is 0 Å². The Kier molecular flexibility index (Phi) is 50.0. The van der Waals surface area contributed by atoms with E-state index < -0.39 is 6.10 Å². The molecule has 0 aromatic rings. The van der Waals surface area contributed by atoms with Gasteiger partial charge in [0, 0.05) is 12.8 Å². The Morgan fingerprint density at radius 3 is 1.05 bits per heavy atom. The van der Waals surface area contributed by atoms with Gasteiger partial charge in [0.1, 0.15) is 6.61 Å². The Hall–Kier alpha value is -2.92. The van der Waals surface area contributed by atoms with Crippen LogP contribution >= 0.6 is 0 Å². The third-order valence-corrected chi connectivity index (χ3v) is 11.2.